The highest BCUT2D eigenvalue weighted by Gasteiger charge is 2.46. The first-order valence-electron chi connectivity index (χ1n) is 10.5. The first-order chi connectivity index (χ1) is 16.4. The fraction of sp³-hybridized carbons (Fsp3) is 0.429. The molecule has 3 heterocycles. The molecule has 0 aliphatic carbocycles. The molecule has 0 saturated carbocycles. The Morgan fingerprint density at radius 2 is 1.91 bits per heavy atom. The van der Waals surface area contributed by atoms with Crippen molar-refractivity contribution in [2.24, 2.45) is 0 Å². The summed E-state index contributed by atoms with van der Waals surface area (Å²) in [5, 5.41) is 13.7. The van der Waals surface area contributed by atoms with E-state index in [-0.39, 0.29) is 24.3 Å². The Bertz CT molecular complexity index is 1180. The van der Waals surface area contributed by atoms with Gasteiger partial charge in [-0.1, -0.05) is 18.2 Å². The van der Waals surface area contributed by atoms with Crippen molar-refractivity contribution >= 4 is 30.5 Å². The minimum absolute atomic E-state index is 0.0898. The topological polar surface area (TPSA) is 147 Å². The number of hydrogen-bond acceptors (Lipinski definition) is 10. The van der Waals surface area contributed by atoms with E-state index in [9.17, 15) is 14.5 Å². The zero-order valence-electron chi connectivity index (χ0n) is 18.9. The minimum atomic E-state index is -3.25. The summed E-state index contributed by atoms with van der Waals surface area (Å²) in [6.45, 7) is 0. The molecule has 1 aliphatic rings. The molecule has 34 heavy (non-hydrogen) atoms. The number of benzene rings is 1. The number of ether oxygens (including phenoxy) is 2. The summed E-state index contributed by atoms with van der Waals surface area (Å²) in [5.41, 5.74) is 1.17. The molecule has 12 nitrogen and oxygen atoms in total. The molecule has 0 bridgehead atoms. The quantitative estimate of drug-likeness (QED) is 0.427. The van der Waals surface area contributed by atoms with Crippen LogP contribution in [0.3, 0.4) is 0 Å². The lowest BCUT2D eigenvalue weighted by Gasteiger charge is -2.20. The van der Waals surface area contributed by atoms with Gasteiger partial charge in [-0.05, 0) is 18.6 Å². The van der Waals surface area contributed by atoms with Crippen LogP contribution < -0.4 is 5.32 Å². The molecule has 2 aromatic heterocycles. The van der Waals surface area contributed by atoms with Crippen molar-refractivity contribution in [1.82, 2.24) is 19.5 Å². The second kappa shape index (κ2) is 10.3. The summed E-state index contributed by atoms with van der Waals surface area (Å²) >= 11 is 0. The van der Waals surface area contributed by atoms with E-state index in [1.54, 1.807) is 28.8 Å². The Hall–Kier alpha value is -2.73. The predicted octanol–water partition coefficient (Wildman–Crippen LogP) is 2.23. The van der Waals surface area contributed by atoms with E-state index in [4.69, 9.17) is 18.5 Å². The van der Waals surface area contributed by atoms with Crippen molar-refractivity contribution in [3.63, 3.8) is 0 Å². The maximum absolute atomic E-state index is 12.6. The highest BCUT2D eigenvalue weighted by molar-refractivity contribution is 7.53. The molecule has 4 atom stereocenters. The summed E-state index contributed by atoms with van der Waals surface area (Å²) in [4.78, 5) is 25.3. The molecule has 0 spiro atoms. The summed E-state index contributed by atoms with van der Waals surface area (Å²) in [6.07, 6.45) is -0.107. The van der Waals surface area contributed by atoms with Crippen LogP contribution in [0, 0.1) is 0 Å². The van der Waals surface area contributed by atoms with Crippen LogP contribution in [-0.4, -0.2) is 76.3 Å². The van der Waals surface area contributed by atoms with Crippen LogP contribution in [0.2, 0.25) is 0 Å². The van der Waals surface area contributed by atoms with Crippen LogP contribution in [0.4, 0.5) is 5.82 Å². The SMILES string of the molecule is CO[C@@H]1[C@@H](O)[C@H](n2cnc3c(NC(=O)c4ccccc4)ncnc32)O[C@@H]1CCP(=O)(OC)OC. The van der Waals surface area contributed by atoms with E-state index in [0.29, 0.717) is 16.7 Å². The number of aliphatic hydroxyl groups is 1. The third-order valence-electron chi connectivity index (χ3n) is 5.73. The van der Waals surface area contributed by atoms with Crippen LogP contribution in [0.15, 0.2) is 43.0 Å². The van der Waals surface area contributed by atoms with Crippen molar-refractivity contribution in [2.45, 2.75) is 31.0 Å². The first-order valence-corrected chi connectivity index (χ1v) is 12.2. The summed E-state index contributed by atoms with van der Waals surface area (Å²) in [7, 11) is 0.843. The molecule has 4 rings (SSSR count). The molecule has 13 heteroatoms. The van der Waals surface area contributed by atoms with Crippen LogP contribution in [0.1, 0.15) is 23.0 Å². The highest BCUT2D eigenvalue weighted by atomic mass is 31.2. The van der Waals surface area contributed by atoms with E-state index < -0.39 is 32.1 Å². The van der Waals surface area contributed by atoms with Gasteiger partial charge in [-0.15, -0.1) is 0 Å². The van der Waals surface area contributed by atoms with Crippen molar-refractivity contribution in [1.29, 1.82) is 0 Å². The summed E-state index contributed by atoms with van der Waals surface area (Å²) < 4.78 is 35.5. The van der Waals surface area contributed by atoms with Crippen LogP contribution in [0.5, 0.6) is 0 Å². The molecule has 182 valence electrons. The van der Waals surface area contributed by atoms with E-state index in [0.717, 1.165) is 0 Å². The Balaban J connectivity index is 1.57. The molecular weight excluding hydrogens is 465 g/mol. The van der Waals surface area contributed by atoms with Crippen LogP contribution in [0.25, 0.3) is 11.2 Å². The Kier molecular flexibility index (Phi) is 7.36. The number of amides is 1. The highest BCUT2D eigenvalue weighted by Crippen LogP contribution is 2.48. The maximum atomic E-state index is 12.6. The molecule has 1 aromatic carbocycles. The summed E-state index contributed by atoms with van der Waals surface area (Å²) in [5.74, 6) is -0.112. The zero-order chi connectivity index (χ0) is 24.3. The Labute approximate surface area is 195 Å². The monoisotopic (exact) mass is 491 g/mol. The largest absolute Gasteiger partial charge is 0.386 e. The van der Waals surface area contributed by atoms with Crippen molar-refractivity contribution in [2.75, 3.05) is 32.8 Å². The van der Waals surface area contributed by atoms with E-state index >= 15 is 0 Å². The van der Waals surface area contributed by atoms with Gasteiger partial charge in [0.15, 0.2) is 23.2 Å². The number of aromatic nitrogens is 4. The summed E-state index contributed by atoms with van der Waals surface area (Å²) in [6, 6.07) is 8.72. The number of rotatable bonds is 9. The Morgan fingerprint density at radius 1 is 1.18 bits per heavy atom. The van der Waals surface area contributed by atoms with Gasteiger partial charge in [-0.2, -0.15) is 0 Å². The number of aliphatic hydroxyl groups excluding tert-OH is 1. The molecular formula is C21H26N5O7P. The van der Waals surface area contributed by atoms with Gasteiger partial charge in [0.05, 0.1) is 18.6 Å². The van der Waals surface area contributed by atoms with Crippen molar-refractivity contribution in [3.8, 4) is 0 Å². The van der Waals surface area contributed by atoms with Gasteiger partial charge in [0.2, 0.25) is 0 Å². The number of imidazole rings is 1. The number of nitrogens with one attached hydrogen (secondary N) is 1. The van der Waals surface area contributed by atoms with Gasteiger partial charge in [0.1, 0.15) is 18.5 Å². The second-order valence-electron chi connectivity index (χ2n) is 7.61. The van der Waals surface area contributed by atoms with E-state index in [1.165, 1.54) is 34.0 Å². The molecule has 2 N–H and O–H groups in total. The first kappa shape index (κ1) is 24.4. The average Bonchev–Trinajstić information content (AvgIpc) is 3.44. The van der Waals surface area contributed by atoms with Crippen LogP contribution in [-0.2, 0) is 23.1 Å². The molecule has 1 aliphatic heterocycles. The maximum Gasteiger partial charge on any atom is 0.330 e. The van der Waals surface area contributed by atoms with Gasteiger partial charge in [-0.3, -0.25) is 13.9 Å². The normalized spacial score (nSPS) is 22.8. The smallest absolute Gasteiger partial charge is 0.330 e. The minimum Gasteiger partial charge on any atom is -0.386 e. The predicted molar refractivity (Wildman–Crippen MR) is 122 cm³/mol. The number of carbonyl (C=O) groups is 1. The van der Waals surface area contributed by atoms with Gasteiger partial charge < -0.3 is 28.9 Å². The lowest BCUT2D eigenvalue weighted by Crippen LogP contribution is -2.34. The number of anilines is 1. The second-order valence-corrected chi connectivity index (χ2v) is 10.0. The van der Waals surface area contributed by atoms with Crippen molar-refractivity contribution in [3.05, 3.63) is 48.5 Å². The third-order valence-corrected chi connectivity index (χ3v) is 7.64. The molecule has 1 saturated heterocycles. The lowest BCUT2D eigenvalue weighted by atomic mass is 10.1. The van der Waals surface area contributed by atoms with Gasteiger partial charge in [-0.25, -0.2) is 15.0 Å². The van der Waals surface area contributed by atoms with E-state index in [2.05, 4.69) is 20.3 Å². The third kappa shape index (κ3) is 4.74. The zero-order valence-corrected chi connectivity index (χ0v) is 19.8. The number of nitrogens with zero attached hydrogens (tertiary/aromatic N) is 4. The van der Waals surface area contributed by atoms with Crippen LogP contribution >= 0.6 is 7.60 Å². The number of methoxy groups -OCH3 is 1. The fourth-order valence-corrected chi connectivity index (χ4v) is 5.00. The standard InChI is InChI=1S/C21H26N5O7P/c1-30-17-14(9-10-34(29,31-2)32-3)33-21(16(17)27)26-12-24-15-18(22-11-23-19(15)26)25-20(28)13-7-5-4-6-8-13/h4-8,11-12,14,16-17,21,27H,9-10H2,1-3H3,(H,22,23,25,28)/t14-,16-,17+,21-/m1/s1. The average molecular weight is 491 g/mol. The van der Waals surface area contributed by atoms with E-state index in [1.807, 2.05) is 6.07 Å². The molecule has 0 unspecified atom stereocenters. The fourth-order valence-electron chi connectivity index (χ4n) is 3.91. The van der Waals surface area contributed by atoms with Gasteiger partial charge in [0.25, 0.3) is 5.91 Å². The molecule has 1 amide bonds. The van der Waals surface area contributed by atoms with Gasteiger partial charge in [0, 0.05) is 26.9 Å². The number of hydrogen-bond donors (Lipinski definition) is 2. The number of fused-ring (bicyclic) bond motifs is 1. The van der Waals surface area contributed by atoms with Gasteiger partial charge >= 0.3 is 7.60 Å². The Morgan fingerprint density at radius 3 is 2.59 bits per heavy atom. The molecule has 0 radical (unpaired) electrons. The number of carbonyl (C=O) groups excluding carboxylic acids is 1. The molecule has 3 aromatic rings. The molecule has 1 fully saturated rings. The van der Waals surface area contributed by atoms with Crippen molar-refractivity contribution < 1.29 is 33.0 Å². The lowest BCUT2D eigenvalue weighted by molar-refractivity contribution is -0.0357.